The summed E-state index contributed by atoms with van der Waals surface area (Å²) in [6.45, 7) is 8.22. The summed E-state index contributed by atoms with van der Waals surface area (Å²) >= 11 is 0. The van der Waals surface area contributed by atoms with Gasteiger partial charge in [-0.2, -0.15) is 0 Å². The summed E-state index contributed by atoms with van der Waals surface area (Å²) < 4.78 is 10.3. The Labute approximate surface area is 149 Å². The quantitative estimate of drug-likeness (QED) is 0.587. The lowest BCUT2D eigenvalue weighted by Gasteiger charge is -2.19. The van der Waals surface area contributed by atoms with Crippen LogP contribution < -0.4 is 10.6 Å². The smallest absolute Gasteiger partial charge is 0.407 e. The summed E-state index contributed by atoms with van der Waals surface area (Å²) in [5.41, 5.74) is 1.39. The molecule has 0 aromatic heterocycles. The molecule has 0 atom stereocenters. The minimum Gasteiger partial charge on any atom is -0.444 e. The number of hydrogen-bond donors (Lipinski definition) is 2. The number of hydrogen-bond acceptors (Lipinski definition) is 4. The van der Waals surface area contributed by atoms with Gasteiger partial charge in [-0.25, -0.2) is 4.79 Å². The second-order valence-electron chi connectivity index (χ2n) is 6.37. The van der Waals surface area contributed by atoms with Crippen LogP contribution in [-0.4, -0.2) is 30.8 Å². The average molecular weight is 346 g/mol. The Morgan fingerprint density at radius 3 is 2.12 bits per heavy atom. The van der Waals surface area contributed by atoms with Crippen molar-refractivity contribution in [3.8, 4) is 11.8 Å². The minimum absolute atomic E-state index is 0.00737. The monoisotopic (exact) mass is 346 g/mol. The van der Waals surface area contributed by atoms with Gasteiger partial charge in [0.05, 0.1) is 0 Å². The molecule has 6 heteroatoms. The lowest BCUT2D eigenvalue weighted by atomic mass is 10.1. The lowest BCUT2D eigenvalue weighted by Crippen LogP contribution is -2.32. The maximum Gasteiger partial charge on any atom is 0.407 e. The molecule has 1 aromatic rings. The van der Waals surface area contributed by atoms with E-state index in [0.29, 0.717) is 13.1 Å². The molecular formula is C19H26N2O4. The van der Waals surface area contributed by atoms with Crippen molar-refractivity contribution >= 4 is 12.0 Å². The first-order chi connectivity index (χ1) is 11.8. The van der Waals surface area contributed by atoms with Crippen molar-refractivity contribution in [3.63, 3.8) is 0 Å². The number of amides is 2. The average Bonchev–Trinajstić information content (AvgIpc) is 2.54. The molecule has 0 saturated carbocycles. The summed E-state index contributed by atoms with van der Waals surface area (Å²) in [6.07, 6.45) is -0.448. The van der Waals surface area contributed by atoms with Crippen LogP contribution in [-0.2, 0) is 27.4 Å². The van der Waals surface area contributed by atoms with E-state index in [9.17, 15) is 9.59 Å². The highest BCUT2D eigenvalue weighted by atomic mass is 16.6. The molecule has 0 aliphatic carbocycles. The van der Waals surface area contributed by atoms with Gasteiger partial charge in [0, 0.05) is 13.1 Å². The molecule has 0 heterocycles. The molecular weight excluding hydrogens is 320 g/mol. The predicted octanol–water partition coefficient (Wildman–Crippen LogP) is 2.37. The zero-order chi connectivity index (χ0) is 18.7. The molecule has 0 fully saturated rings. The first-order valence-corrected chi connectivity index (χ1v) is 8.09. The van der Waals surface area contributed by atoms with Crippen molar-refractivity contribution in [3.05, 3.63) is 35.4 Å². The van der Waals surface area contributed by atoms with Crippen molar-refractivity contribution in [2.24, 2.45) is 0 Å². The van der Waals surface area contributed by atoms with Gasteiger partial charge in [-0.05, 0) is 38.8 Å². The lowest BCUT2D eigenvalue weighted by molar-refractivity contribution is -0.125. The zero-order valence-electron chi connectivity index (χ0n) is 15.3. The number of ether oxygens (including phenoxy) is 2. The molecule has 25 heavy (non-hydrogen) atoms. The molecule has 6 nitrogen and oxygen atoms in total. The van der Waals surface area contributed by atoms with E-state index in [1.165, 1.54) is 0 Å². The van der Waals surface area contributed by atoms with Crippen LogP contribution in [0.25, 0.3) is 0 Å². The second-order valence-corrected chi connectivity index (χ2v) is 6.37. The highest BCUT2D eigenvalue weighted by molar-refractivity contribution is 5.77. The maximum absolute atomic E-state index is 11.6. The van der Waals surface area contributed by atoms with E-state index in [2.05, 4.69) is 22.5 Å². The van der Waals surface area contributed by atoms with E-state index < -0.39 is 11.7 Å². The third-order valence-corrected chi connectivity index (χ3v) is 2.93. The van der Waals surface area contributed by atoms with E-state index in [4.69, 9.17) is 9.47 Å². The summed E-state index contributed by atoms with van der Waals surface area (Å²) in [5.74, 6) is 5.23. The Hall–Kier alpha value is -2.52. The van der Waals surface area contributed by atoms with Crippen LogP contribution in [0.4, 0.5) is 4.79 Å². The molecule has 1 aromatic carbocycles. The number of nitrogens with one attached hydrogen (secondary N) is 2. The fourth-order valence-electron chi connectivity index (χ4n) is 1.78. The minimum atomic E-state index is -0.515. The molecule has 0 spiro atoms. The first kappa shape index (κ1) is 20.5. The molecule has 0 aliphatic heterocycles. The van der Waals surface area contributed by atoms with Gasteiger partial charge in [-0.15, -0.1) is 5.92 Å². The molecule has 2 amide bonds. The zero-order valence-corrected chi connectivity index (χ0v) is 15.3. The van der Waals surface area contributed by atoms with Crippen LogP contribution in [0.1, 0.15) is 38.8 Å². The van der Waals surface area contributed by atoms with Gasteiger partial charge in [0.1, 0.15) is 18.8 Å². The number of rotatable bonds is 7. The molecule has 0 aliphatic rings. The first-order valence-electron chi connectivity index (χ1n) is 8.09. The van der Waals surface area contributed by atoms with Gasteiger partial charge in [-0.3, -0.25) is 4.79 Å². The van der Waals surface area contributed by atoms with Gasteiger partial charge >= 0.3 is 6.09 Å². The molecule has 1 rings (SSSR count). The fourth-order valence-corrected chi connectivity index (χ4v) is 1.78. The number of carbonyl (C=O) groups is 2. The van der Waals surface area contributed by atoms with Gasteiger partial charge in [0.15, 0.2) is 0 Å². The third-order valence-electron chi connectivity index (χ3n) is 2.93. The third kappa shape index (κ3) is 10.0. The van der Waals surface area contributed by atoms with Crippen molar-refractivity contribution in [2.75, 3.05) is 13.2 Å². The summed E-state index contributed by atoms with van der Waals surface area (Å²) in [4.78, 5) is 23.2. The summed E-state index contributed by atoms with van der Waals surface area (Å²) in [7, 11) is 0. The van der Waals surface area contributed by atoms with E-state index in [-0.39, 0.29) is 19.1 Å². The topological polar surface area (TPSA) is 76.7 Å². The Morgan fingerprint density at radius 1 is 1.04 bits per heavy atom. The SMILES string of the molecule is CC#CCOCC(=O)NCc1ccc(CNC(=O)OC(C)(C)C)cc1. The highest BCUT2D eigenvalue weighted by Crippen LogP contribution is 2.08. The normalized spacial score (nSPS) is 10.4. The Balaban J connectivity index is 2.32. The van der Waals surface area contributed by atoms with Gasteiger partial charge in [0.25, 0.3) is 0 Å². The van der Waals surface area contributed by atoms with Gasteiger partial charge < -0.3 is 20.1 Å². The Bertz CT molecular complexity index is 622. The van der Waals surface area contributed by atoms with E-state index in [0.717, 1.165) is 11.1 Å². The van der Waals surface area contributed by atoms with Crippen molar-refractivity contribution in [1.82, 2.24) is 10.6 Å². The van der Waals surface area contributed by atoms with Crippen LogP contribution in [0.3, 0.4) is 0 Å². The molecule has 0 bridgehead atoms. The second kappa shape index (κ2) is 10.4. The summed E-state index contributed by atoms with van der Waals surface area (Å²) in [5, 5.41) is 5.47. The highest BCUT2D eigenvalue weighted by Gasteiger charge is 2.15. The van der Waals surface area contributed by atoms with Crippen molar-refractivity contribution in [2.45, 2.75) is 46.4 Å². The molecule has 136 valence electrons. The molecule has 0 radical (unpaired) electrons. The Kier molecular flexibility index (Phi) is 8.51. The number of carbonyl (C=O) groups excluding carboxylic acids is 2. The predicted molar refractivity (Wildman–Crippen MR) is 95.6 cm³/mol. The maximum atomic E-state index is 11.6. The number of alkyl carbamates (subject to hydrolysis) is 1. The van der Waals surface area contributed by atoms with Crippen molar-refractivity contribution in [1.29, 1.82) is 0 Å². The standard InChI is InChI=1S/C19H26N2O4/c1-5-6-11-24-14-17(22)20-12-15-7-9-16(10-8-15)13-21-18(23)25-19(2,3)4/h7-10H,11-14H2,1-4H3,(H,20,22)(H,21,23). The van der Waals surface area contributed by atoms with Crippen LogP contribution >= 0.6 is 0 Å². The van der Waals surface area contributed by atoms with Crippen molar-refractivity contribution < 1.29 is 19.1 Å². The van der Waals surface area contributed by atoms with Gasteiger partial charge in [-0.1, -0.05) is 30.2 Å². The molecule has 0 saturated heterocycles. The van der Waals surface area contributed by atoms with Crippen LogP contribution in [0, 0.1) is 11.8 Å². The fraction of sp³-hybridized carbons (Fsp3) is 0.474. The largest absolute Gasteiger partial charge is 0.444 e. The van der Waals surface area contributed by atoms with E-state index >= 15 is 0 Å². The van der Waals surface area contributed by atoms with Crippen LogP contribution in [0.2, 0.25) is 0 Å². The van der Waals surface area contributed by atoms with Crippen LogP contribution in [0.5, 0.6) is 0 Å². The van der Waals surface area contributed by atoms with Crippen LogP contribution in [0.15, 0.2) is 24.3 Å². The molecule has 0 unspecified atom stereocenters. The summed E-state index contributed by atoms with van der Waals surface area (Å²) in [6, 6.07) is 7.59. The van der Waals surface area contributed by atoms with E-state index in [1.807, 2.05) is 45.0 Å². The van der Waals surface area contributed by atoms with E-state index in [1.54, 1.807) is 6.92 Å². The molecule has 2 N–H and O–H groups in total. The Morgan fingerprint density at radius 2 is 1.60 bits per heavy atom. The number of benzene rings is 1. The van der Waals surface area contributed by atoms with Gasteiger partial charge in [0.2, 0.25) is 5.91 Å².